The number of rotatable bonds is 6. The normalized spacial score (nSPS) is 28.7. The summed E-state index contributed by atoms with van der Waals surface area (Å²) in [4.78, 5) is 0. The van der Waals surface area contributed by atoms with Crippen LogP contribution >= 0.6 is 11.6 Å². The van der Waals surface area contributed by atoms with Gasteiger partial charge in [0.1, 0.15) is 5.82 Å². The first-order valence-corrected chi connectivity index (χ1v) is 13.8. The Labute approximate surface area is 203 Å². The van der Waals surface area contributed by atoms with Crippen molar-refractivity contribution in [2.24, 2.45) is 5.92 Å². The van der Waals surface area contributed by atoms with Crippen LogP contribution in [0.3, 0.4) is 0 Å². The number of ether oxygens (including phenoxy) is 2. The second-order valence-corrected chi connectivity index (χ2v) is 12.4. The Balaban J connectivity index is 1.50. The minimum atomic E-state index is -3.29. The highest BCUT2D eigenvalue weighted by Crippen LogP contribution is 2.52. The monoisotopic (exact) mass is 511 g/mol. The maximum absolute atomic E-state index is 15.3. The Kier molecular flexibility index (Phi) is 6.61. The number of halogens is 3. The smallest absolute Gasteiger partial charge is 0.165 e. The second-order valence-electron chi connectivity index (χ2n) is 9.54. The van der Waals surface area contributed by atoms with Crippen molar-refractivity contribution < 1.29 is 26.7 Å². The highest BCUT2D eigenvalue weighted by atomic mass is 35.5. The zero-order chi connectivity index (χ0) is 23.9. The van der Waals surface area contributed by atoms with Gasteiger partial charge in [-0.25, -0.2) is 17.2 Å². The molecular formula is C25H28ClF2NO4S. The lowest BCUT2D eigenvalue weighted by atomic mass is 9.60. The van der Waals surface area contributed by atoms with Gasteiger partial charge in [0, 0.05) is 35.1 Å². The van der Waals surface area contributed by atoms with Gasteiger partial charge in [-0.1, -0.05) is 23.7 Å². The molecule has 0 aromatic heterocycles. The van der Waals surface area contributed by atoms with Crippen LogP contribution in [-0.4, -0.2) is 51.8 Å². The van der Waals surface area contributed by atoms with Crippen LogP contribution < -0.4 is 10.1 Å². The average molecular weight is 512 g/mol. The van der Waals surface area contributed by atoms with E-state index in [0.29, 0.717) is 50.4 Å². The molecule has 0 amide bonds. The molecule has 5 rings (SSSR count). The molecule has 0 unspecified atom stereocenters. The van der Waals surface area contributed by atoms with Crippen LogP contribution in [0.15, 0.2) is 36.4 Å². The Bertz CT molecular complexity index is 1150. The number of nitrogens with one attached hydrogen (secondary N) is 1. The molecule has 2 aromatic carbocycles. The third-order valence-corrected chi connectivity index (χ3v) is 10.1. The van der Waals surface area contributed by atoms with E-state index in [1.165, 1.54) is 0 Å². The van der Waals surface area contributed by atoms with Gasteiger partial charge in [-0.05, 0) is 62.1 Å². The molecule has 3 aliphatic rings. The van der Waals surface area contributed by atoms with Crippen molar-refractivity contribution in [1.82, 2.24) is 5.32 Å². The predicted octanol–water partition coefficient (Wildman–Crippen LogP) is 4.06. The van der Waals surface area contributed by atoms with Crippen molar-refractivity contribution in [2.45, 2.75) is 42.5 Å². The van der Waals surface area contributed by atoms with E-state index in [9.17, 15) is 12.8 Å². The maximum Gasteiger partial charge on any atom is 0.165 e. The number of sulfone groups is 1. The summed E-state index contributed by atoms with van der Waals surface area (Å²) in [6.07, 6.45) is 1.39. The van der Waals surface area contributed by atoms with Gasteiger partial charge in [0.2, 0.25) is 0 Å². The number of hydrogen-bond acceptors (Lipinski definition) is 5. The molecule has 9 heteroatoms. The summed E-state index contributed by atoms with van der Waals surface area (Å²) in [6, 6.07) is 9.58. The zero-order valence-corrected chi connectivity index (χ0v) is 20.3. The molecule has 0 spiro atoms. The van der Waals surface area contributed by atoms with E-state index in [1.54, 1.807) is 12.1 Å². The first-order chi connectivity index (χ1) is 16.3. The van der Waals surface area contributed by atoms with E-state index in [2.05, 4.69) is 5.32 Å². The summed E-state index contributed by atoms with van der Waals surface area (Å²) in [5, 5.41) is 3.32. The molecule has 184 valence electrons. The molecule has 2 fully saturated rings. The fourth-order valence-electron chi connectivity index (χ4n) is 5.88. The molecule has 1 N–H and O–H groups in total. The third-order valence-electron chi connectivity index (χ3n) is 7.65. The largest absolute Gasteiger partial charge is 0.490 e. The van der Waals surface area contributed by atoms with Crippen LogP contribution in [0.1, 0.15) is 30.4 Å². The molecule has 2 aromatic rings. The molecule has 0 aliphatic carbocycles. The van der Waals surface area contributed by atoms with E-state index in [1.807, 2.05) is 12.1 Å². The fraction of sp³-hybridized carbons (Fsp3) is 0.520. The summed E-state index contributed by atoms with van der Waals surface area (Å²) in [5.41, 5.74) is 0.390. The van der Waals surface area contributed by atoms with Crippen molar-refractivity contribution in [3.05, 3.63) is 64.2 Å². The molecule has 2 saturated heterocycles. The fourth-order valence-corrected chi connectivity index (χ4v) is 7.75. The predicted molar refractivity (Wildman–Crippen MR) is 126 cm³/mol. The summed E-state index contributed by atoms with van der Waals surface area (Å²) in [5.74, 6) is -1.48. The highest BCUT2D eigenvalue weighted by molar-refractivity contribution is 7.92. The maximum atomic E-state index is 15.3. The summed E-state index contributed by atoms with van der Waals surface area (Å²) >= 11 is 6.07. The van der Waals surface area contributed by atoms with Crippen molar-refractivity contribution in [3.63, 3.8) is 0 Å². The second kappa shape index (κ2) is 9.37. The lowest BCUT2D eigenvalue weighted by molar-refractivity contribution is -0.0963. The lowest BCUT2D eigenvalue weighted by Gasteiger charge is -2.51. The number of fused-ring (bicyclic) bond motifs is 3. The summed E-state index contributed by atoms with van der Waals surface area (Å²) in [7, 11) is -3.29. The molecule has 4 atom stereocenters. The van der Waals surface area contributed by atoms with Gasteiger partial charge in [0.25, 0.3) is 0 Å². The topological polar surface area (TPSA) is 64.6 Å². The summed E-state index contributed by atoms with van der Waals surface area (Å²) < 4.78 is 67.7. The molecule has 34 heavy (non-hydrogen) atoms. The van der Waals surface area contributed by atoms with Crippen LogP contribution in [0.25, 0.3) is 0 Å². The zero-order valence-electron chi connectivity index (χ0n) is 18.7. The minimum Gasteiger partial charge on any atom is -0.490 e. The van der Waals surface area contributed by atoms with Gasteiger partial charge in [-0.3, -0.25) is 0 Å². The molecule has 5 nitrogen and oxygen atoms in total. The Morgan fingerprint density at radius 2 is 1.88 bits per heavy atom. The lowest BCUT2D eigenvalue weighted by Crippen LogP contribution is -2.55. The van der Waals surface area contributed by atoms with Crippen molar-refractivity contribution in [3.8, 4) is 5.75 Å². The van der Waals surface area contributed by atoms with E-state index in [-0.39, 0.29) is 34.8 Å². The molecule has 0 radical (unpaired) electrons. The van der Waals surface area contributed by atoms with Crippen LogP contribution in [0, 0.1) is 17.6 Å². The minimum absolute atomic E-state index is 0.00394. The average Bonchev–Trinajstić information content (AvgIpc) is 3.37. The first kappa shape index (κ1) is 24.0. The Morgan fingerprint density at radius 1 is 1.12 bits per heavy atom. The van der Waals surface area contributed by atoms with Gasteiger partial charge in [-0.2, -0.15) is 0 Å². The van der Waals surface area contributed by atoms with Gasteiger partial charge in [0.05, 0.1) is 23.7 Å². The SMILES string of the molecule is O=S(=O)(CC[C@@H]1OCC[C@@]2(Cc3ccc(Cl)cc3)c3c(F)ccc(F)c3OC[C@@H]12)[C@@H]1CCNC1. The van der Waals surface area contributed by atoms with Crippen LogP contribution in [0.2, 0.25) is 5.02 Å². The van der Waals surface area contributed by atoms with Gasteiger partial charge >= 0.3 is 0 Å². The van der Waals surface area contributed by atoms with Crippen molar-refractivity contribution in [1.29, 1.82) is 0 Å². The quantitative estimate of drug-likeness (QED) is 0.633. The Hall–Kier alpha value is -1.74. The van der Waals surface area contributed by atoms with E-state index in [4.69, 9.17) is 21.1 Å². The molecular weight excluding hydrogens is 484 g/mol. The molecule has 3 heterocycles. The molecule has 3 aliphatic heterocycles. The van der Waals surface area contributed by atoms with Crippen LogP contribution in [0.4, 0.5) is 8.78 Å². The van der Waals surface area contributed by atoms with Gasteiger partial charge < -0.3 is 14.8 Å². The van der Waals surface area contributed by atoms with Crippen LogP contribution in [-0.2, 0) is 26.4 Å². The highest BCUT2D eigenvalue weighted by Gasteiger charge is 2.53. The van der Waals surface area contributed by atoms with Gasteiger partial charge in [0.15, 0.2) is 21.4 Å². The summed E-state index contributed by atoms with van der Waals surface area (Å²) in [6.45, 7) is 1.64. The van der Waals surface area contributed by atoms with Crippen molar-refractivity contribution in [2.75, 3.05) is 32.1 Å². The first-order valence-electron chi connectivity index (χ1n) is 11.7. The van der Waals surface area contributed by atoms with Gasteiger partial charge in [-0.15, -0.1) is 0 Å². The van der Waals surface area contributed by atoms with Crippen LogP contribution in [0.5, 0.6) is 5.75 Å². The Morgan fingerprint density at radius 3 is 2.62 bits per heavy atom. The third kappa shape index (κ3) is 4.34. The van der Waals surface area contributed by atoms with Crippen molar-refractivity contribution >= 4 is 21.4 Å². The molecule has 0 bridgehead atoms. The number of hydrogen-bond donors (Lipinski definition) is 1. The van der Waals surface area contributed by atoms with E-state index >= 15 is 4.39 Å². The number of benzene rings is 2. The van der Waals surface area contributed by atoms with E-state index < -0.39 is 33.0 Å². The molecule has 0 saturated carbocycles. The van der Waals surface area contributed by atoms with E-state index in [0.717, 1.165) is 17.7 Å². The standard InChI is InChI=1S/C25H28ClF2NO4S/c26-17-3-1-16(2-4-17)13-25-9-11-32-22(8-12-34(30,31)18-7-10-29-14-18)19(25)15-33-24-21(28)6-5-20(27)23(24)25/h1-6,18-19,22,29H,7-15H2/t18-,19+,22+,25+/m1/s1.